The van der Waals surface area contributed by atoms with Gasteiger partial charge in [-0.25, -0.2) is 0 Å². The van der Waals surface area contributed by atoms with E-state index in [4.69, 9.17) is 0 Å². The van der Waals surface area contributed by atoms with Gasteiger partial charge in [-0.1, -0.05) is 68.4 Å². The van der Waals surface area contributed by atoms with Crippen LogP contribution >= 0.6 is 0 Å². The van der Waals surface area contributed by atoms with Gasteiger partial charge in [0.05, 0.1) is 0 Å². The van der Waals surface area contributed by atoms with Crippen LogP contribution in [0.2, 0.25) is 0 Å². The smallest absolute Gasteiger partial charge is 0.550 e. The molecule has 0 saturated carbocycles. The summed E-state index contributed by atoms with van der Waals surface area (Å²) in [7, 11) is 0. The molecule has 0 N–H and O–H groups in total. The summed E-state index contributed by atoms with van der Waals surface area (Å²) in [5.41, 5.74) is 0. The predicted octanol–water partition coefficient (Wildman–Crippen LogP) is 1.89. The zero-order valence-corrected chi connectivity index (χ0v) is 17.0. The largest absolute Gasteiger partial charge is 1.00 e. The van der Waals surface area contributed by atoms with E-state index in [1.54, 1.807) is 0 Å². The van der Waals surface area contributed by atoms with Crippen molar-refractivity contribution in [3.8, 4) is 0 Å². The second kappa shape index (κ2) is 21.4. The fourth-order valence-corrected chi connectivity index (χ4v) is 1.93. The van der Waals surface area contributed by atoms with Crippen LogP contribution in [0.5, 0.6) is 0 Å². The van der Waals surface area contributed by atoms with Crippen molar-refractivity contribution in [3.63, 3.8) is 0 Å². The molecule has 0 aliphatic rings. The Bertz CT molecular complexity index is 368. The van der Waals surface area contributed by atoms with Gasteiger partial charge < -0.3 is 9.90 Å². The van der Waals surface area contributed by atoms with Gasteiger partial charge in [0, 0.05) is 5.97 Å². The Morgan fingerprint density at radius 3 is 1.61 bits per heavy atom. The van der Waals surface area contributed by atoms with Crippen molar-refractivity contribution in [2.24, 2.45) is 0 Å². The Kier molecular flexibility index (Phi) is 23.0. The number of carboxylic acids is 1. The number of carbonyl (C=O) groups is 1. The maximum atomic E-state index is 10.2. The molecule has 0 aliphatic heterocycles. The summed E-state index contributed by atoms with van der Waals surface area (Å²) in [5, 5.41) is 10.2. The molecule has 3 heteroatoms. The van der Waals surface area contributed by atoms with Crippen molar-refractivity contribution in [2.75, 3.05) is 0 Å². The number of carboxylic acid groups (broad SMARTS) is 1. The van der Waals surface area contributed by atoms with Gasteiger partial charge in [0.1, 0.15) is 0 Å². The first kappa shape index (κ1) is 24.7. The second-order valence-electron chi connectivity index (χ2n) is 5.35. The monoisotopic (exact) mass is 326 g/mol. The molecule has 0 rings (SSSR count). The van der Waals surface area contributed by atoms with Crippen LogP contribution in [0.3, 0.4) is 0 Å². The fraction of sp³-hybridized carbons (Fsp3) is 0.550. The topological polar surface area (TPSA) is 40.1 Å². The van der Waals surface area contributed by atoms with E-state index in [2.05, 4.69) is 49.5 Å². The molecular formula is C20H31NaO2. The Hall–Kier alpha value is -0.570. The average Bonchev–Trinajstić information content (AvgIpc) is 2.50. The molecule has 0 aromatic rings. The van der Waals surface area contributed by atoms with Crippen molar-refractivity contribution in [1.29, 1.82) is 0 Å². The Morgan fingerprint density at radius 1 is 0.739 bits per heavy atom. The molecular weight excluding hydrogens is 295 g/mol. The van der Waals surface area contributed by atoms with Crippen LogP contribution in [0.1, 0.15) is 71.1 Å². The van der Waals surface area contributed by atoms with Crippen LogP contribution in [-0.4, -0.2) is 5.97 Å². The maximum Gasteiger partial charge on any atom is 1.00 e. The van der Waals surface area contributed by atoms with E-state index in [9.17, 15) is 9.90 Å². The van der Waals surface area contributed by atoms with E-state index in [0.29, 0.717) is 6.42 Å². The first-order valence-corrected chi connectivity index (χ1v) is 8.57. The predicted molar refractivity (Wildman–Crippen MR) is 93.4 cm³/mol. The number of rotatable bonds is 14. The van der Waals surface area contributed by atoms with E-state index in [1.807, 2.05) is 6.08 Å². The first-order valence-electron chi connectivity index (χ1n) is 8.57. The zero-order valence-electron chi connectivity index (χ0n) is 15.0. The van der Waals surface area contributed by atoms with Crippen LogP contribution in [-0.2, 0) is 4.79 Å². The Morgan fingerprint density at radius 2 is 1.17 bits per heavy atom. The summed E-state index contributed by atoms with van der Waals surface area (Å²) in [6.07, 6.45) is 27.0. The molecule has 124 valence electrons. The SMILES string of the molecule is CCCCC/C=C\C/C=C\C/C=C/C/C=C\CCCC(=O)[O-].[Na+]. The van der Waals surface area contributed by atoms with Gasteiger partial charge in [-0.2, -0.15) is 0 Å². The van der Waals surface area contributed by atoms with Crippen LogP contribution in [0.15, 0.2) is 48.6 Å². The average molecular weight is 326 g/mol. The molecule has 0 bridgehead atoms. The molecule has 2 nitrogen and oxygen atoms in total. The summed E-state index contributed by atoms with van der Waals surface area (Å²) in [4.78, 5) is 10.2. The van der Waals surface area contributed by atoms with Crippen LogP contribution in [0.4, 0.5) is 0 Å². The number of unbranched alkanes of at least 4 members (excludes halogenated alkanes) is 4. The van der Waals surface area contributed by atoms with Crippen molar-refractivity contribution < 1.29 is 39.5 Å². The Balaban J connectivity index is 0. The van der Waals surface area contributed by atoms with Gasteiger partial charge in [0.2, 0.25) is 0 Å². The molecule has 0 saturated heterocycles. The van der Waals surface area contributed by atoms with E-state index in [0.717, 1.165) is 25.7 Å². The number of carbonyl (C=O) groups excluding carboxylic acids is 1. The molecule has 0 aliphatic carbocycles. The molecule has 0 aromatic heterocycles. The van der Waals surface area contributed by atoms with Gasteiger partial charge in [-0.15, -0.1) is 0 Å². The number of aliphatic carboxylic acids is 1. The summed E-state index contributed by atoms with van der Waals surface area (Å²) in [5.74, 6) is -0.962. The summed E-state index contributed by atoms with van der Waals surface area (Å²) >= 11 is 0. The minimum atomic E-state index is -0.962. The summed E-state index contributed by atoms with van der Waals surface area (Å²) in [6, 6.07) is 0. The third-order valence-electron chi connectivity index (χ3n) is 3.21. The van der Waals surface area contributed by atoms with Crippen molar-refractivity contribution in [3.05, 3.63) is 48.6 Å². The summed E-state index contributed by atoms with van der Waals surface area (Å²) < 4.78 is 0. The third-order valence-corrected chi connectivity index (χ3v) is 3.21. The number of hydrogen-bond acceptors (Lipinski definition) is 2. The van der Waals surface area contributed by atoms with E-state index < -0.39 is 5.97 Å². The molecule has 23 heavy (non-hydrogen) atoms. The second-order valence-corrected chi connectivity index (χ2v) is 5.35. The van der Waals surface area contributed by atoms with E-state index in [-0.39, 0.29) is 36.0 Å². The molecule has 0 atom stereocenters. The molecule has 0 unspecified atom stereocenters. The zero-order chi connectivity index (χ0) is 16.3. The molecule has 0 spiro atoms. The van der Waals surface area contributed by atoms with Crippen molar-refractivity contribution in [2.45, 2.75) is 71.1 Å². The third kappa shape index (κ3) is 23.8. The minimum absolute atomic E-state index is 0. The molecule has 0 amide bonds. The van der Waals surface area contributed by atoms with Crippen LogP contribution in [0.25, 0.3) is 0 Å². The Labute approximate surface area is 164 Å². The van der Waals surface area contributed by atoms with Gasteiger partial charge in [0.15, 0.2) is 0 Å². The van der Waals surface area contributed by atoms with Crippen molar-refractivity contribution >= 4 is 5.97 Å². The van der Waals surface area contributed by atoms with Gasteiger partial charge >= 0.3 is 29.6 Å². The van der Waals surface area contributed by atoms with Crippen LogP contribution in [0, 0.1) is 0 Å². The summed E-state index contributed by atoms with van der Waals surface area (Å²) in [6.45, 7) is 2.23. The van der Waals surface area contributed by atoms with Crippen LogP contribution < -0.4 is 34.7 Å². The normalized spacial score (nSPS) is 11.9. The molecule has 0 aromatic carbocycles. The van der Waals surface area contributed by atoms with Crippen molar-refractivity contribution in [1.82, 2.24) is 0 Å². The number of allylic oxidation sites excluding steroid dienone is 8. The number of hydrogen-bond donors (Lipinski definition) is 0. The van der Waals surface area contributed by atoms with E-state index >= 15 is 0 Å². The standard InChI is InChI=1S/C20H32O2.Na/c1-2-3-4-5-6-7-8-9-10-11-12-13-14-15-16-17-18-19-20(21)22;/h6-7,9-10,12-13,15-16H,2-5,8,11,14,17-19H2,1H3,(H,21,22);/q;+1/p-1/b7-6-,10-9-,13-12+,16-15-;. The van der Waals surface area contributed by atoms with Gasteiger partial charge in [0.25, 0.3) is 0 Å². The minimum Gasteiger partial charge on any atom is -0.550 e. The van der Waals surface area contributed by atoms with E-state index in [1.165, 1.54) is 25.7 Å². The quantitative estimate of drug-likeness (QED) is 0.278. The molecule has 0 radical (unpaired) electrons. The molecule has 0 heterocycles. The maximum absolute atomic E-state index is 10.2. The van der Waals surface area contributed by atoms with Gasteiger partial charge in [-0.3, -0.25) is 0 Å². The first-order chi connectivity index (χ1) is 10.8. The fourth-order valence-electron chi connectivity index (χ4n) is 1.93. The van der Waals surface area contributed by atoms with Gasteiger partial charge in [-0.05, 0) is 51.4 Å². The molecule has 0 fully saturated rings.